The third kappa shape index (κ3) is 4.50. The third-order valence-electron chi connectivity index (χ3n) is 4.24. The van der Waals surface area contributed by atoms with Gasteiger partial charge < -0.3 is 14.4 Å². The van der Waals surface area contributed by atoms with Gasteiger partial charge in [-0.3, -0.25) is 4.79 Å². The molecule has 3 rings (SSSR count). The molecule has 0 spiro atoms. The first-order valence-electron chi connectivity index (χ1n) is 8.16. The topological polar surface area (TPSA) is 38.8 Å². The normalized spacial score (nSPS) is 22.5. The Morgan fingerprint density at radius 2 is 2.04 bits per heavy atom. The van der Waals surface area contributed by atoms with Gasteiger partial charge in [0.15, 0.2) is 6.29 Å². The van der Waals surface area contributed by atoms with Gasteiger partial charge in [-0.05, 0) is 47.3 Å². The number of carbonyl (C=O) groups excluding carboxylic acids is 1. The Morgan fingerprint density at radius 1 is 1.26 bits per heavy atom. The second-order valence-corrected chi connectivity index (χ2v) is 7.78. The Balaban J connectivity index is 1.52. The first kappa shape index (κ1) is 17.3. The van der Waals surface area contributed by atoms with E-state index in [9.17, 15) is 4.79 Å². The summed E-state index contributed by atoms with van der Waals surface area (Å²) in [6.45, 7) is 2.11. The Kier molecular flexibility index (Phi) is 6.39. The summed E-state index contributed by atoms with van der Waals surface area (Å²) in [5.74, 6) is 1.00. The summed E-state index contributed by atoms with van der Waals surface area (Å²) >= 11 is 5.26. The van der Waals surface area contributed by atoms with Gasteiger partial charge in [-0.25, -0.2) is 0 Å². The second-order valence-electron chi connectivity index (χ2n) is 5.79. The van der Waals surface area contributed by atoms with E-state index in [4.69, 9.17) is 9.47 Å². The molecule has 1 aromatic rings. The van der Waals surface area contributed by atoms with Gasteiger partial charge in [0.1, 0.15) is 0 Å². The number of hydrogen-bond donors (Lipinski definition) is 0. The Hall–Kier alpha value is -0.560. The SMILES string of the molecule is O=C(CCSc1ccccc1Br)N1CCCCC1C1OCCO1. The summed E-state index contributed by atoms with van der Waals surface area (Å²) in [7, 11) is 0. The number of likely N-dealkylation sites (tertiary alicyclic amines) is 1. The van der Waals surface area contributed by atoms with E-state index in [1.807, 2.05) is 23.1 Å². The maximum absolute atomic E-state index is 12.6. The van der Waals surface area contributed by atoms with Crippen LogP contribution in [0.3, 0.4) is 0 Å². The Morgan fingerprint density at radius 3 is 2.83 bits per heavy atom. The van der Waals surface area contributed by atoms with E-state index in [1.54, 1.807) is 11.8 Å². The zero-order valence-electron chi connectivity index (χ0n) is 13.1. The highest BCUT2D eigenvalue weighted by Crippen LogP contribution is 2.29. The van der Waals surface area contributed by atoms with Crippen molar-refractivity contribution in [2.75, 3.05) is 25.5 Å². The molecule has 1 aromatic carbocycles. The molecule has 126 valence electrons. The van der Waals surface area contributed by atoms with Gasteiger partial charge >= 0.3 is 0 Å². The number of rotatable bonds is 5. The average molecular weight is 400 g/mol. The first-order valence-corrected chi connectivity index (χ1v) is 9.93. The molecular weight excluding hydrogens is 378 g/mol. The molecule has 0 bridgehead atoms. The van der Waals surface area contributed by atoms with Crippen molar-refractivity contribution in [3.8, 4) is 0 Å². The minimum Gasteiger partial charge on any atom is -0.348 e. The quantitative estimate of drug-likeness (QED) is 0.707. The number of halogens is 1. The molecule has 1 atom stereocenters. The van der Waals surface area contributed by atoms with E-state index in [0.29, 0.717) is 19.6 Å². The molecular formula is C17H22BrNO3S. The fourth-order valence-electron chi connectivity index (χ4n) is 3.10. The van der Waals surface area contributed by atoms with Crippen LogP contribution in [0.25, 0.3) is 0 Å². The van der Waals surface area contributed by atoms with Gasteiger partial charge in [-0.1, -0.05) is 12.1 Å². The number of benzene rings is 1. The van der Waals surface area contributed by atoms with E-state index >= 15 is 0 Å². The molecule has 2 saturated heterocycles. The molecule has 0 N–H and O–H groups in total. The van der Waals surface area contributed by atoms with Gasteiger partial charge in [0.25, 0.3) is 0 Å². The van der Waals surface area contributed by atoms with Crippen LogP contribution in [0.2, 0.25) is 0 Å². The highest BCUT2D eigenvalue weighted by atomic mass is 79.9. The Bertz CT molecular complexity index is 536. The van der Waals surface area contributed by atoms with Gasteiger partial charge in [0, 0.05) is 28.1 Å². The summed E-state index contributed by atoms with van der Waals surface area (Å²) in [4.78, 5) is 15.8. The molecule has 2 aliphatic heterocycles. The van der Waals surface area contributed by atoms with Crippen LogP contribution in [0.15, 0.2) is 33.6 Å². The molecule has 23 heavy (non-hydrogen) atoms. The number of ether oxygens (including phenoxy) is 2. The number of carbonyl (C=O) groups is 1. The number of nitrogens with zero attached hydrogens (tertiary/aromatic N) is 1. The molecule has 0 radical (unpaired) electrons. The van der Waals surface area contributed by atoms with Crippen LogP contribution < -0.4 is 0 Å². The van der Waals surface area contributed by atoms with Crippen LogP contribution in [-0.4, -0.2) is 48.7 Å². The fraction of sp³-hybridized carbons (Fsp3) is 0.588. The lowest BCUT2D eigenvalue weighted by atomic mass is 10.0. The zero-order valence-corrected chi connectivity index (χ0v) is 15.5. The maximum Gasteiger partial charge on any atom is 0.223 e. The second kappa shape index (κ2) is 8.51. The molecule has 4 nitrogen and oxygen atoms in total. The van der Waals surface area contributed by atoms with Crippen molar-refractivity contribution in [3.05, 3.63) is 28.7 Å². The summed E-state index contributed by atoms with van der Waals surface area (Å²) < 4.78 is 12.4. The minimum absolute atomic E-state index is 0.0900. The van der Waals surface area contributed by atoms with Crippen molar-refractivity contribution in [1.82, 2.24) is 4.90 Å². The maximum atomic E-state index is 12.6. The highest BCUT2D eigenvalue weighted by molar-refractivity contribution is 9.10. The van der Waals surface area contributed by atoms with Crippen LogP contribution >= 0.6 is 27.7 Å². The van der Waals surface area contributed by atoms with E-state index in [1.165, 1.54) is 4.90 Å². The van der Waals surface area contributed by atoms with Gasteiger partial charge in [0.05, 0.1) is 19.3 Å². The molecule has 2 heterocycles. The minimum atomic E-state index is -0.227. The number of piperidine rings is 1. The van der Waals surface area contributed by atoms with Crippen LogP contribution in [0.1, 0.15) is 25.7 Å². The van der Waals surface area contributed by atoms with Crippen LogP contribution in [0.4, 0.5) is 0 Å². The number of hydrogen-bond acceptors (Lipinski definition) is 4. The molecule has 2 aliphatic rings. The van der Waals surface area contributed by atoms with Crippen molar-refractivity contribution < 1.29 is 14.3 Å². The molecule has 1 amide bonds. The lowest BCUT2D eigenvalue weighted by molar-refractivity contribution is -0.150. The van der Waals surface area contributed by atoms with Gasteiger partial charge in [-0.2, -0.15) is 0 Å². The molecule has 6 heteroatoms. The monoisotopic (exact) mass is 399 g/mol. The Labute approximate surface area is 150 Å². The predicted octanol–water partition coefficient (Wildman–Crippen LogP) is 3.69. The van der Waals surface area contributed by atoms with E-state index in [2.05, 4.69) is 22.0 Å². The first-order chi connectivity index (χ1) is 11.3. The van der Waals surface area contributed by atoms with Crippen molar-refractivity contribution in [1.29, 1.82) is 0 Å². The number of thioether (sulfide) groups is 1. The van der Waals surface area contributed by atoms with Crippen LogP contribution in [-0.2, 0) is 14.3 Å². The summed E-state index contributed by atoms with van der Waals surface area (Å²) in [6.07, 6.45) is 3.52. The lowest BCUT2D eigenvalue weighted by Crippen LogP contribution is -2.50. The molecule has 1 unspecified atom stereocenters. The molecule has 0 aromatic heterocycles. The van der Waals surface area contributed by atoms with E-state index < -0.39 is 0 Å². The van der Waals surface area contributed by atoms with Crippen LogP contribution in [0, 0.1) is 0 Å². The number of amides is 1. The third-order valence-corrected chi connectivity index (χ3v) is 6.27. The average Bonchev–Trinajstić information content (AvgIpc) is 3.11. The predicted molar refractivity (Wildman–Crippen MR) is 94.5 cm³/mol. The largest absolute Gasteiger partial charge is 0.348 e. The van der Waals surface area contributed by atoms with Crippen LogP contribution in [0.5, 0.6) is 0 Å². The highest BCUT2D eigenvalue weighted by Gasteiger charge is 2.35. The fourth-order valence-corrected chi connectivity index (χ4v) is 4.61. The van der Waals surface area contributed by atoms with Crippen molar-refractivity contribution >= 4 is 33.6 Å². The van der Waals surface area contributed by atoms with Gasteiger partial charge in [-0.15, -0.1) is 11.8 Å². The standard InChI is InChI=1S/C17H22BrNO3S/c18-13-5-1-2-7-15(13)23-12-8-16(20)19-9-4-3-6-14(19)17-21-10-11-22-17/h1-2,5,7,14,17H,3-4,6,8-12H2. The summed E-state index contributed by atoms with van der Waals surface area (Å²) in [5, 5.41) is 0. The molecule has 2 fully saturated rings. The van der Waals surface area contributed by atoms with E-state index in [-0.39, 0.29) is 18.2 Å². The summed E-state index contributed by atoms with van der Waals surface area (Å²) in [5.41, 5.74) is 0. The molecule has 0 aliphatic carbocycles. The zero-order chi connectivity index (χ0) is 16.1. The van der Waals surface area contributed by atoms with Crippen molar-refractivity contribution in [3.63, 3.8) is 0 Å². The summed E-state index contributed by atoms with van der Waals surface area (Å²) in [6, 6.07) is 8.21. The van der Waals surface area contributed by atoms with E-state index in [0.717, 1.165) is 36.0 Å². The smallest absolute Gasteiger partial charge is 0.223 e. The molecule has 0 saturated carbocycles. The van der Waals surface area contributed by atoms with Crippen molar-refractivity contribution in [2.45, 2.75) is 42.9 Å². The lowest BCUT2D eigenvalue weighted by Gasteiger charge is -2.38. The van der Waals surface area contributed by atoms with Crippen molar-refractivity contribution in [2.24, 2.45) is 0 Å². The van der Waals surface area contributed by atoms with Gasteiger partial charge in [0.2, 0.25) is 5.91 Å².